The fraction of sp³-hybridized carbons (Fsp3) is 0.364. The van der Waals surface area contributed by atoms with Crippen LogP contribution >= 0.6 is 11.3 Å². The molecule has 1 N–H and O–H groups in total. The van der Waals surface area contributed by atoms with Gasteiger partial charge in [0.15, 0.2) is 11.5 Å². The van der Waals surface area contributed by atoms with Crippen molar-refractivity contribution in [1.29, 1.82) is 0 Å². The van der Waals surface area contributed by atoms with Gasteiger partial charge in [0.05, 0.1) is 9.77 Å². The Morgan fingerprint density at radius 2 is 1.97 bits per heavy atom. The highest BCUT2D eigenvalue weighted by atomic mass is 32.2. The number of hydrogen-bond acceptors (Lipinski definition) is 9. The van der Waals surface area contributed by atoms with Gasteiger partial charge in [0.25, 0.3) is 0 Å². The van der Waals surface area contributed by atoms with Gasteiger partial charge < -0.3 is 18.6 Å². The number of thiophene rings is 1. The average Bonchev–Trinajstić information content (AvgIpc) is 3.45. The van der Waals surface area contributed by atoms with Crippen LogP contribution in [-0.4, -0.2) is 38.6 Å². The van der Waals surface area contributed by atoms with Crippen LogP contribution in [0.25, 0.3) is 10.8 Å². The van der Waals surface area contributed by atoms with Crippen molar-refractivity contribution >= 4 is 27.3 Å². The molecule has 9 nitrogen and oxygen atoms in total. The van der Waals surface area contributed by atoms with Gasteiger partial charge in [-0.1, -0.05) is 19.9 Å². The lowest BCUT2D eigenvalue weighted by atomic mass is 10.1. The Bertz CT molecular complexity index is 1230. The average molecular weight is 493 g/mol. The predicted octanol–water partition coefficient (Wildman–Crippen LogP) is 3.53. The number of esters is 1. The standard InChI is InChI=1S/C22H24N2O7S2/c1-13(2)20(24-33(26,27)15-6-7-17-18(11-15)29-9-8-28-17)22(25)30-12-16-14(3)31-21(23-16)19-5-4-10-32-19/h4-7,10-11,13,20,24H,8-9,12H2,1-3H3/t20-/m0/s1. The summed E-state index contributed by atoms with van der Waals surface area (Å²) >= 11 is 1.49. The summed E-state index contributed by atoms with van der Waals surface area (Å²) in [6.45, 7) is 5.80. The zero-order chi connectivity index (χ0) is 23.6. The van der Waals surface area contributed by atoms with E-state index in [1.54, 1.807) is 20.8 Å². The van der Waals surface area contributed by atoms with E-state index in [0.29, 0.717) is 42.1 Å². The van der Waals surface area contributed by atoms with Crippen molar-refractivity contribution in [2.45, 2.75) is 38.3 Å². The molecule has 0 fully saturated rings. The van der Waals surface area contributed by atoms with E-state index in [2.05, 4.69) is 9.71 Å². The van der Waals surface area contributed by atoms with Crippen LogP contribution < -0.4 is 14.2 Å². The normalized spacial score (nSPS) is 14.3. The van der Waals surface area contributed by atoms with Crippen LogP contribution in [-0.2, 0) is 26.2 Å². The fourth-order valence-electron chi connectivity index (χ4n) is 3.18. The number of hydrogen-bond donors (Lipinski definition) is 1. The minimum atomic E-state index is -4.02. The van der Waals surface area contributed by atoms with Gasteiger partial charge in [0.2, 0.25) is 15.9 Å². The van der Waals surface area contributed by atoms with Gasteiger partial charge in [0, 0.05) is 6.07 Å². The van der Waals surface area contributed by atoms with Gasteiger partial charge in [-0.25, -0.2) is 13.4 Å². The Labute approximate surface area is 195 Å². The lowest BCUT2D eigenvalue weighted by Crippen LogP contribution is -2.45. The first-order valence-corrected chi connectivity index (χ1v) is 12.7. The fourth-order valence-corrected chi connectivity index (χ4v) is 5.18. The number of sulfonamides is 1. The minimum absolute atomic E-state index is 0.0295. The van der Waals surface area contributed by atoms with Crippen LogP contribution in [0.2, 0.25) is 0 Å². The Morgan fingerprint density at radius 3 is 2.67 bits per heavy atom. The summed E-state index contributed by atoms with van der Waals surface area (Å²) in [7, 11) is -4.02. The molecule has 4 rings (SSSR count). The van der Waals surface area contributed by atoms with E-state index < -0.39 is 22.0 Å². The Morgan fingerprint density at radius 1 is 1.21 bits per heavy atom. The first-order valence-electron chi connectivity index (χ1n) is 10.3. The summed E-state index contributed by atoms with van der Waals surface area (Å²) in [4.78, 5) is 18.0. The Hall–Kier alpha value is -2.89. The van der Waals surface area contributed by atoms with E-state index >= 15 is 0 Å². The van der Waals surface area contributed by atoms with Crippen LogP contribution in [0.5, 0.6) is 11.5 Å². The van der Waals surface area contributed by atoms with Crippen LogP contribution in [0, 0.1) is 12.8 Å². The van der Waals surface area contributed by atoms with Gasteiger partial charge in [-0.3, -0.25) is 4.79 Å². The molecule has 33 heavy (non-hydrogen) atoms. The van der Waals surface area contributed by atoms with Crippen molar-refractivity contribution in [2.24, 2.45) is 5.92 Å². The third kappa shape index (κ3) is 5.21. The molecular weight excluding hydrogens is 468 g/mol. The van der Waals surface area contributed by atoms with Crippen molar-refractivity contribution in [3.63, 3.8) is 0 Å². The van der Waals surface area contributed by atoms with E-state index in [0.717, 1.165) is 4.88 Å². The second kappa shape index (κ2) is 9.54. The maximum Gasteiger partial charge on any atom is 0.324 e. The molecule has 3 aromatic rings. The Kier molecular flexibility index (Phi) is 6.73. The molecule has 0 saturated heterocycles. The number of aromatic nitrogens is 1. The summed E-state index contributed by atoms with van der Waals surface area (Å²) < 4.78 is 50.3. The molecule has 176 valence electrons. The van der Waals surface area contributed by atoms with E-state index in [4.69, 9.17) is 18.6 Å². The predicted molar refractivity (Wildman–Crippen MR) is 121 cm³/mol. The number of oxazole rings is 1. The highest BCUT2D eigenvalue weighted by Crippen LogP contribution is 2.32. The van der Waals surface area contributed by atoms with Gasteiger partial charge in [-0.2, -0.15) is 4.72 Å². The summed E-state index contributed by atoms with van der Waals surface area (Å²) in [5.74, 6) is 0.744. The van der Waals surface area contributed by atoms with E-state index in [1.807, 2.05) is 17.5 Å². The minimum Gasteiger partial charge on any atom is -0.486 e. The molecule has 0 unspecified atom stereocenters. The van der Waals surface area contributed by atoms with Crippen molar-refractivity contribution < 1.29 is 31.8 Å². The molecular formula is C22H24N2O7S2. The van der Waals surface area contributed by atoms with Crippen molar-refractivity contribution in [1.82, 2.24) is 9.71 Å². The molecule has 11 heteroatoms. The summed E-state index contributed by atoms with van der Waals surface area (Å²) in [6.07, 6.45) is 0. The molecule has 0 amide bonds. The monoisotopic (exact) mass is 492 g/mol. The molecule has 1 atom stereocenters. The van der Waals surface area contributed by atoms with E-state index in [-0.39, 0.29) is 17.4 Å². The number of benzene rings is 1. The molecule has 0 spiro atoms. The van der Waals surface area contributed by atoms with E-state index in [9.17, 15) is 13.2 Å². The maximum absolute atomic E-state index is 13.0. The third-order valence-electron chi connectivity index (χ3n) is 5.00. The number of ether oxygens (including phenoxy) is 3. The van der Waals surface area contributed by atoms with Gasteiger partial charge in [-0.15, -0.1) is 11.3 Å². The third-order valence-corrected chi connectivity index (χ3v) is 7.30. The highest BCUT2D eigenvalue weighted by Gasteiger charge is 2.31. The van der Waals surface area contributed by atoms with Crippen molar-refractivity contribution in [2.75, 3.05) is 13.2 Å². The van der Waals surface area contributed by atoms with E-state index in [1.165, 1.54) is 29.5 Å². The van der Waals surface area contributed by atoms with Gasteiger partial charge in [-0.05, 0) is 36.4 Å². The number of carbonyl (C=O) groups is 1. The topological polar surface area (TPSA) is 117 Å². The van der Waals surface area contributed by atoms with Gasteiger partial charge in [0.1, 0.15) is 37.3 Å². The molecule has 0 aliphatic carbocycles. The quantitative estimate of drug-likeness (QED) is 0.475. The number of carbonyl (C=O) groups excluding carboxylic acids is 1. The largest absolute Gasteiger partial charge is 0.486 e. The smallest absolute Gasteiger partial charge is 0.324 e. The molecule has 3 heterocycles. The summed E-state index contributed by atoms with van der Waals surface area (Å²) in [6, 6.07) is 7.00. The first kappa shape index (κ1) is 23.3. The zero-order valence-electron chi connectivity index (χ0n) is 18.4. The zero-order valence-corrected chi connectivity index (χ0v) is 20.0. The Balaban J connectivity index is 1.45. The van der Waals surface area contributed by atoms with Crippen molar-refractivity contribution in [3.8, 4) is 22.3 Å². The summed E-state index contributed by atoms with van der Waals surface area (Å²) in [5.41, 5.74) is 0.476. The second-order valence-electron chi connectivity index (χ2n) is 7.76. The number of aryl methyl sites for hydroxylation is 1. The molecule has 1 aromatic carbocycles. The van der Waals surface area contributed by atoms with Gasteiger partial charge >= 0.3 is 5.97 Å². The maximum atomic E-state index is 13.0. The second-order valence-corrected chi connectivity index (χ2v) is 10.4. The molecule has 0 bridgehead atoms. The highest BCUT2D eigenvalue weighted by molar-refractivity contribution is 7.89. The number of fused-ring (bicyclic) bond motifs is 1. The lowest BCUT2D eigenvalue weighted by molar-refractivity contribution is -0.148. The number of nitrogens with zero attached hydrogens (tertiary/aromatic N) is 1. The lowest BCUT2D eigenvalue weighted by Gasteiger charge is -2.22. The first-order chi connectivity index (χ1) is 15.7. The SMILES string of the molecule is Cc1oc(-c2cccs2)nc1COC(=O)[C@@H](NS(=O)(=O)c1ccc2c(c1)OCCO2)C(C)C. The van der Waals surface area contributed by atoms with Crippen LogP contribution in [0.1, 0.15) is 25.3 Å². The number of nitrogens with one attached hydrogen (secondary N) is 1. The van der Waals surface area contributed by atoms with Crippen LogP contribution in [0.3, 0.4) is 0 Å². The molecule has 1 aliphatic heterocycles. The number of rotatable bonds is 8. The molecule has 0 radical (unpaired) electrons. The molecule has 1 aliphatic rings. The molecule has 0 saturated carbocycles. The summed E-state index contributed by atoms with van der Waals surface area (Å²) in [5, 5.41) is 1.91. The van der Waals surface area contributed by atoms with Crippen LogP contribution in [0.15, 0.2) is 45.0 Å². The van der Waals surface area contributed by atoms with Crippen LogP contribution in [0.4, 0.5) is 0 Å². The molecule has 2 aromatic heterocycles. The van der Waals surface area contributed by atoms with Crippen molar-refractivity contribution in [3.05, 3.63) is 47.2 Å².